The molecule has 0 aromatic heterocycles. The minimum Gasteiger partial charge on any atom is -0.478 e. The van der Waals surface area contributed by atoms with E-state index in [1.54, 1.807) is 18.2 Å². The Morgan fingerprint density at radius 1 is 1.15 bits per heavy atom. The van der Waals surface area contributed by atoms with E-state index in [-0.39, 0.29) is 30.4 Å². The molecule has 9 heteroatoms. The first-order valence-electron chi connectivity index (χ1n) is 5.16. The molecule has 3 nitrogen and oxygen atoms in total. The standard InChI is InChI=1S/C11H10F5NO2.HI/c12-10(9(18)19,11(13,14)15)17(16)7-6-8-4-2-1-3-5-8;/h1-5H,6-7H2,(H,18,19);1H/t10-;/m1./s1. The van der Waals surface area contributed by atoms with Crippen LogP contribution in [0.5, 0.6) is 0 Å². The quantitative estimate of drug-likeness (QED) is 0.350. The Balaban J connectivity index is 0.00000361. The van der Waals surface area contributed by atoms with E-state index in [9.17, 15) is 26.8 Å². The summed E-state index contributed by atoms with van der Waals surface area (Å²) in [5.74, 6) is -7.97. The van der Waals surface area contributed by atoms with Gasteiger partial charge in [0.25, 0.3) is 0 Å². The summed E-state index contributed by atoms with van der Waals surface area (Å²) in [7, 11) is 0. The third-order valence-corrected chi connectivity index (χ3v) is 2.43. The highest BCUT2D eigenvalue weighted by Gasteiger charge is 2.67. The van der Waals surface area contributed by atoms with Gasteiger partial charge in [-0.2, -0.15) is 13.2 Å². The zero-order valence-electron chi connectivity index (χ0n) is 9.90. The molecule has 0 radical (unpaired) electrons. The van der Waals surface area contributed by atoms with Gasteiger partial charge in [0.2, 0.25) is 0 Å². The Bertz CT molecular complexity index is 442. The van der Waals surface area contributed by atoms with Gasteiger partial charge in [-0.3, -0.25) is 0 Å². The predicted molar refractivity (Wildman–Crippen MR) is 70.9 cm³/mol. The molecular formula is C11H11F5INO2. The molecule has 1 aromatic rings. The van der Waals surface area contributed by atoms with Crippen LogP contribution in [0.4, 0.5) is 22.0 Å². The Morgan fingerprint density at radius 2 is 1.65 bits per heavy atom. The number of carbonyl (C=O) groups is 1. The summed E-state index contributed by atoms with van der Waals surface area (Å²) in [5, 5.41) is 6.91. The van der Waals surface area contributed by atoms with Crippen molar-refractivity contribution in [1.29, 1.82) is 0 Å². The largest absolute Gasteiger partial charge is 0.478 e. The number of benzene rings is 1. The SMILES string of the molecule is I.O=C(O)[C@@](F)(N(F)CCc1ccccc1)C(F)(F)F. The summed E-state index contributed by atoms with van der Waals surface area (Å²) < 4.78 is 63.5. The second-order valence-electron chi connectivity index (χ2n) is 3.75. The Labute approximate surface area is 128 Å². The summed E-state index contributed by atoms with van der Waals surface area (Å²) in [4.78, 5) is 10.3. The van der Waals surface area contributed by atoms with Crippen LogP contribution < -0.4 is 0 Å². The van der Waals surface area contributed by atoms with Crippen molar-refractivity contribution in [1.82, 2.24) is 5.12 Å². The molecule has 114 valence electrons. The average Bonchev–Trinajstić information content (AvgIpc) is 2.34. The van der Waals surface area contributed by atoms with Crippen molar-refractivity contribution in [2.24, 2.45) is 0 Å². The van der Waals surface area contributed by atoms with Crippen molar-refractivity contribution < 1.29 is 31.9 Å². The number of carboxylic acids is 1. The molecule has 0 bridgehead atoms. The normalized spacial score (nSPS) is 14.5. The van der Waals surface area contributed by atoms with Crippen LogP contribution >= 0.6 is 24.0 Å². The van der Waals surface area contributed by atoms with E-state index in [4.69, 9.17) is 5.11 Å². The van der Waals surface area contributed by atoms with Crippen molar-refractivity contribution in [2.75, 3.05) is 6.54 Å². The lowest BCUT2D eigenvalue weighted by molar-refractivity contribution is -0.314. The summed E-state index contributed by atoms with van der Waals surface area (Å²) in [6.45, 7) is -1.04. The molecule has 0 saturated carbocycles. The van der Waals surface area contributed by atoms with Crippen LogP contribution in [0.3, 0.4) is 0 Å². The molecule has 0 aliphatic rings. The van der Waals surface area contributed by atoms with E-state index in [0.717, 1.165) is 0 Å². The van der Waals surface area contributed by atoms with Crippen molar-refractivity contribution in [3.63, 3.8) is 0 Å². The van der Waals surface area contributed by atoms with Crippen LogP contribution in [0, 0.1) is 0 Å². The number of rotatable bonds is 5. The molecule has 0 aliphatic carbocycles. The number of halogens is 6. The van der Waals surface area contributed by atoms with Crippen molar-refractivity contribution in [2.45, 2.75) is 18.4 Å². The van der Waals surface area contributed by atoms with E-state index in [0.29, 0.717) is 5.56 Å². The molecule has 0 unspecified atom stereocenters. The third kappa shape index (κ3) is 4.01. The van der Waals surface area contributed by atoms with Gasteiger partial charge in [-0.25, -0.2) is 9.18 Å². The lowest BCUT2D eigenvalue weighted by atomic mass is 10.1. The van der Waals surface area contributed by atoms with Crippen molar-refractivity contribution in [3.05, 3.63) is 35.9 Å². The first-order valence-corrected chi connectivity index (χ1v) is 5.16. The highest BCUT2D eigenvalue weighted by atomic mass is 127. The third-order valence-electron chi connectivity index (χ3n) is 2.43. The van der Waals surface area contributed by atoms with Gasteiger partial charge in [0.05, 0.1) is 0 Å². The molecule has 1 N–H and O–H groups in total. The van der Waals surface area contributed by atoms with Crippen LogP contribution in [0.1, 0.15) is 5.56 Å². The van der Waals surface area contributed by atoms with Crippen LogP contribution in [0.25, 0.3) is 0 Å². The van der Waals surface area contributed by atoms with E-state index >= 15 is 0 Å². The van der Waals surface area contributed by atoms with Gasteiger partial charge in [0.15, 0.2) is 0 Å². The molecule has 0 spiro atoms. The lowest BCUT2D eigenvalue weighted by Gasteiger charge is -2.28. The molecule has 0 amide bonds. The van der Waals surface area contributed by atoms with Gasteiger partial charge >= 0.3 is 17.9 Å². The van der Waals surface area contributed by atoms with Gasteiger partial charge in [-0.05, 0) is 12.0 Å². The van der Waals surface area contributed by atoms with Crippen LogP contribution in [-0.4, -0.2) is 34.7 Å². The highest BCUT2D eigenvalue weighted by molar-refractivity contribution is 14.0. The smallest absolute Gasteiger partial charge is 0.450 e. The highest BCUT2D eigenvalue weighted by Crippen LogP contribution is 2.37. The zero-order chi connectivity index (χ0) is 14.7. The van der Waals surface area contributed by atoms with Crippen molar-refractivity contribution >= 4 is 29.9 Å². The molecule has 20 heavy (non-hydrogen) atoms. The molecule has 0 saturated heterocycles. The molecule has 0 heterocycles. The summed E-state index contributed by atoms with van der Waals surface area (Å²) in [6.07, 6.45) is -6.13. The monoisotopic (exact) mass is 411 g/mol. The maximum absolute atomic E-state index is 13.3. The fraction of sp³-hybridized carbons (Fsp3) is 0.364. The maximum atomic E-state index is 13.3. The molecule has 0 aliphatic heterocycles. The number of alkyl halides is 4. The summed E-state index contributed by atoms with van der Waals surface area (Å²) >= 11 is 0. The van der Waals surface area contributed by atoms with Crippen LogP contribution in [0.15, 0.2) is 30.3 Å². The lowest BCUT2D eigenvalue weighted by Crippen LogP contribution is -2.58. The minimum absolute atomic E-state index is 0. The molecule has 1 rings (SSSR count). The first kappa shape index (κ1) is 19.0. The average molecular weight is 411 g/mol. The predicted octanol–water partition coefficient (Wildman–Crippen LogP) is 3.35. The van der Waals surface area contributed by atoms with Gasteiger partial charge in [0.1, 0.15) is 0 Å². The van der Waals surface area contributed by atoms with Crippen LogP contribution in [0.2, 0.25) is 0 Å². The summed E-state index contributed by atoms with van der Waals surface area (Å²) in [6, 6.07) is 7.79. The Kier molecular flexibility index (Phi) is 6.81. The fourth-order valence-corrected chi connectivity index (χ4v) is 1.39. The van der Waals surface area contributed by atoms with Crippen molar-refractivity contribution in [3.8, 4) is 0 Å². The van der Waals surface area contributed by atoms with Crippen LogP contribution in [-0.2, 0) is 11.2 Å². The Morgan fingerprint density at radius 3 is 2.05 bits per heavy atom. The fourth-order valence-electron chi connectivity index (χ4n) is 1.39. The molecule has 0 fully saturated rings. The van der Waals surface area contributed by atoms with Gasteiger partial charge in [-0.15, -0.1) is 28.5 Å². The van der Waals surface area contributed by atoms with Gasteiger partial charge in [-0.1, -0.05) is 35.5 Å². The number of hydrogen-bond acceptors (Lipinski definition) is 2. The topological polar surface area (TPSA) is 40.5 Å². The minimum atomic E-state index is -5.87. The second kappa shape index (κ2) is 7.16. The zero-order valence-corrected chi connectivity index (χ0v) is 12.2. The van der Waals surface area contributed by atoms with E-state index in [1.165, 1.54) is 12.1 Å². The van der Waals surface area contributed by atoms with E-state index < -0.39 is 29.6 Å². The van der Waals surface area contributed by atoms with Gasteiger partial charge in [0, 0.05) is 6.54 Å². The number of carboxylic acid groups (broad SMARTS) is 1. The van der Waals surface area contributed by atoms with E-state index in [2.05, 4.69) is 0 Å². The van der Waals surface area contributed by atoms with E-state index in [1.807, 2.05) is 0 Å². The number of nitrogens with zero attached hydrogens (tertiary/aromatic N) is 1. The summed E-state index contributed by atoms with van der Waals surface area (Å²) in [5.41, 5.74) is 0.458. The second-order valence-corrected chi connectivity index (χ2v) is 3.75. The molecular weight excluding hydrogens is 400 g/mol. The molecule has 1 aromatic carbocycles. The molecule has 1 atom stereocenters. The number of aliphatic carboxylic acids is 1. The Hall–Kier alpha value is -0.970. The maximum Gasteiger partial charge on any atom is 0.450 e. The number of hydrogen-bond donors (Lipinski definition) is 1. The first-order chi connectivity index (χ1) is 8.69. The van der Waals surface area contributed by atoms with Gasteiger partial charge < -0.3 is 5.11 Å².